The monoisotopic (exact) mass is 466 g/mol. The Bertz CT molecular complexity index is 393. The van der Waals surface area contributed by atoms with Gasteiger partial charge in [0, 0.05) is 39.9 Å². The second kappa shape index (κ2) is 11.6. The van der Waals surface area contributed by atoms with Crippen LogP contribution in [-0.2, 0) is 4.74 Å². The highest BCUT2D eigenvalue weighted by molar-refractivity contribution is 14.0. The van der Waals surface area contributed by atoms with Gasteiger partial charge < -0.3 is 15.4 Å². The lowest BCUT2D eigenvalue weighted by atomic mass is 9.67. The highest BCUT2D eigenvalue weighted by Crippen LogP contribution is 2.43. The Hall–Kier alpha value is -0.0800. The average Bonchev–Trinajstić information content (AvgIpc) is 3.05. The summed E-state index contributed by atoms with van der Waals surface area (Å²) >= 11 is 0. The third-order valence-electron chi connectivity index (χ3n) is 5.96. The van der Waals surface area contributed by atoms with Gasteiger partial charge in [0.2, 0.25) is 0 Å². The van der Waals surface area contributed by atoms with Crippen molar-refractivity contribution in [3.05, 3.63) is 0 Å². The maximum atomic E-state index is 5.29. The summed E-state index contributed by atoms with van der Waals surface area (Å²) in [4.78, 5) is 7.07. The molecule has 25 heavy (non-hydrogen) atoms. The van der Waals surface area contributed by atoms with Gasteiger partial charge >= 0.3 is 0 Å². The van der Waals surface area contributed by atoms with Gasteiger partial charge in [-0.05, 0) is 56.5 Å². The van der Waals surface area contributed by atoms with Gasteiger partial charge in [-0.15, -0.1) is 24.0 Å². The van der Waals surface area contributed by atoms with Crippen molar-refractivity contribution in [3.63, 3.8) is 0 Å². The van der Waals surface area contributed by atoms with Crippen LogP contribution < -0.4 is 10.6 Å². The first-order valence-corrected chi connectivity index (χ1v) is 9.78. The molecule has 148 valence electrons. The molecule has 0 aromatic heterocycles. The number of hydrogen-bond acceptors (Lipinski definition) is 3. The molecule has 0 aromatic carbocycles. The van der Waals surface area contributed by atoms with Gasteiger partial charge in [0.1, 0.15) is 0 Å². The molecule has 0 spiro atoms. The zero-order valence-electron chi connectivity index (χ0n) is 16.6. The van der Waals surface area contributed by atoms with Crippen LogP contribution in [-0.4, -0.2) is 63.8 Å². The first kappa shape index (κ1) is 23.0. The number of rotatable bonds is 9. The van der Waals surface area contributed by atoms with E-state index < -0.39 is 0 Å². The smallest absolute Gasteiger partial charge is 0.191 e. The molecule has 1 aliphatic heterocycles. The molecular weight excluding hydrogens is 427 g/mol. The van der Waals surface area contributed by atoms with Crippen LogP contribution in [0.25, 0.3) is 0 Å². The number of aliphatic imine (C=N–C) groups is 1. The van der Waals surface area contributed by atoms with E-state index in [4.69, 9.17) is 4.74 Å². The summed E-state index contributed by atoms with van der Waals surface area (Å²) in [5.74, 6) is 1.61. The van der Waals surface area contributed by atoms with Crippen LogP contribution in [0, 0.1) is 11.3 Å². The topological polar surface area (TPSA) is 48.9 Å². The molecule has 0 aromatic rings. The van der Waals surface area contributed by atoms with E-state index in [0.29, 0.717) is 17.4 Å². The zero-order valence-corrected chi connectivity index (χ0v) is 19.0. The van der Waals surface area contributed by atoms with Gasteiger partial charge in [0.25, 0.3) is 0 Å². The standard InChI is InChI=1S/C19H38N4O.HI/c1-16(2)17(23-11-5-6-12-23)14-21-18(20-3)22-15-19(8-7-9-19)10-13-24-4;/h16-17H,5-15H2,1-4H3,(H2,20,21,22);1H. The van der Waals surface area contributed by atoms with E-state index in [1.165, 1.54) is 45.2 Å². The summed E-state index contributed by atoms with van der Waals surface area (Å²) in [5.41, 5.74) is 0.417. The van der Waals surface area contributed by atoms with E-state index in [9.17, 15) is 0 Å². The van der Waals surface area contributed by atoms with Crippen LogP contribution in [0.4, 0.5) is 0 Å². The van der Waals surface area contributed by atoms with Crippen molar-refractivity contribution in [1.29, 1.82) is 0 Å². The van der Waals surface area contributed by atoms with Gasteiger partial charge in [-0.2, -0.15) is 0 Å². The third kappa shape index (κ3) is 6.86. The molecule has 0 amide bonds. The molecule has 2 aliphatic rings. The van der Waals surface area contributed by atoms with Crippen LogP contribution >= 0.6 is 24.0 Å². The quantitative estimate of drug-likeness (QED) is 0.312. The molecule has 0 bridgehead atoms. The Morgan fingerprint density at radius 3 is 2.32 bits per heavy atom. The van der Waals surface area contributed by atoms with E-state index in [1.807, 2.05) is 7.05 Å². The molecule has 1 unspecified atom stereocenters. The number of nitrogens with one attached hydrogen (secondary N) is 2. The second-order valence-electron chi connectivity index (χ2n) is 7.96. The summed E-state index contributed by atoms with van der Waals surface area (Å²) in [7, 11) is 3.67. The fraction of sp³-hybridized carbons (Fsp3) is 0.947. The highest BCUT2D eigenvalue weighted by Gasteiger charge is 2.36. The molecule has 2 N–H and O–H groups in total. The Morgan fingerprint density at radius 2 is 1.84 bits per heavy atom. The summed E-state index contributed by atoms with van der Waals surface area (Å²) in [5, 5.41) is 7.14. The molecule has 1 heterocycles. The molecule has 6 heteroatoms. The SMILES string of the molecule is CN=C(NCC(C(C)C)N1CCCC1)NCC1(CCOC)CCC1.I. The first-order chi connectivity index (χ1) is 11.6. The minimum atomic E-state index is 0. The van der Waals surface area contributed by atoms with Crippen molar-refractivity contribution >= 4 is 29.9 Å². The van der Waals surface area contributed by atoms with Gasteiger partial charge in [-0.3, -0.25) is 9.89 Å². The zero-order chi connectivity index (χ0) is 17.4. The van der Waals surface area contributed by atoms with E-state index in [-0.39, 0.29) is 24.0 Å². The lowest BCUT2D eigenvalue weighted by molar-refractivity contribution is 0.0732. The average molecular weight is 466 g/mol. The van der Waals surface area contributed by atoms with Crippen molar-refractivity contribution in [1.82, 2.24) is 15.5 Å². The largest absolute Gasteiger partial charge is 0.385 e. The maximum Gasteiger partial charge on any atom is 0.191 e. The summed E-state index contributed by atoms with van der Waals surface area (Å²) < 4.78 is 5.29. The highest BCUT2D eigenvalue weighted by atomic mass is 127. The van der Waals surface area contributed by atoms with Crippen molar-refractivity contribution < 1.29 is 4.74 Å². The second-order valence-corrected chi connectivity index (χ2v) is 7.96. The molecule has 2 fully saturated rings. The minimum Gasteiger partial charge on any atom is -0.385 e. The Kier molecular flexibility index (Phi) is 10.6. The fourth-order valence-electron chi connectivity index (χ4n) is 4.06. The van der Waals surface area contributed by atoms with Crippen LogP contribution in [0.15, 0.2) is 4.99 Å². The Morgan fingerprint density at radius 1 is 1.16 bits per heavy atom. The Balaban J connectivity index is 0.00000312. The molecule has 5 nitrogen and oxygen atoms in total. The lowest BCUT2D eigenvalue weighted by Crippen LogP contribution is -2.51. The fourth-order valence-corrected chi connectivity index (χ4v) is 4.06. The molecule has 1 aliphatic carbocycles. The number of guanidine groups is 1. The predicted molar refractivity (Wildman–Crippen MR) is 117 cm³/mol. The molecular formula is C19H39IN4O. The van der Waals surface area contributed by atoms with Crippen molar-refractivity contribution in [2.45, 2.75) is 58.4 Å². The molecule has 1 saturated carbocycles. The maximum absolute atomic E-state index is 5.29. The summed E-state index contributed by atoms with van der Waals surface area (Å²) in [6, 6.07) is 0.595. The first-order valence-electron chi connectivity index (χ1n) is 9.78. The molecule has 1 saturated heterocycles. The molecule has 1 atom stereocenters. The minimum absolute atomic E-state index is 0. The van der Waals surface area contributed by atoms with E-state index in [2.05, 4.69) is 34.4 Å². The predicted octanol–water partition coefficient (Wildman–Crippen LogP) is 3.10. The summed E-state index contributed by atoms with van der Waals surface area (Å²) in [6.07, 6.45) is 7.81. The van der Waals surface area contributed by atoms with Gasteiger partial charge in [-0.25, -0.2) is 0 Å². The van der Waals surface area contributed by atoms with E-state index in [0.717, 1.165) is 32.1 Å². The number of halogens is 1. The number of ether oxygens (including phenoxy) is 1. The van der Waals surface area contributed by atoms with Crippen molar-refractivity contribution in [3.8, 4) is 0 Å². The van der Waals surface area contributed by atoms with Gasteiger partial charge in [-0.1, -0.05) is 20.3 Å². The molecule has 0 radical (unpaired) electrons. The number of nitrogens with zero attached hydrogens (tertiary/aromatic N) is 2. The Labute approximate surface area is 171 Å². The number of methoxy groups -OCH3 is 1. The van der Waals surface area contributed by atoms with E-state index >= 15 is 0 Å². The third-order valence-corrected chi connectivity index (χ3v) is 5.96. The summed E-state index contributed by atoms with van der Waals surface area (Å²) in [6.45, 7) is 9.99. The normalized spacial score (nSPS) is 21.6. The van der Waals surface area contributed by atoms with Gasteiger partial charge in [0.05, 0.1) is 0 Å². The van der Waals surface area contributed by atoms with Crippen LogP contribution in [0.2, 0.25) is 0 Å². The number of hydrogen-bond donors (Lipinski definition) is 2. The van der Waals surface area contributed by atoms with Crippen LogP contribution in [0.3, 0.4) is 0 Å². The van der Waals surface area contributed by atoms with Crippen LogP contribution in [0.5, 0.6) is 0 Å². The van der Waals surface area contributed by atoms with Crippen molar-refractivity contribution in [2.75, 3.05) is 46.9 Å². The lowest BCUT2D eigenvalue weighted by Gasteiger charge is -2.42. The molecule has 2 rings (SSSR count). The van der Waals surface area contributed by atoms with Crippen molar-refractivity contribution in [2.24, 2.45) is 16.3 Å². The van der Waals surface area contributed by atoms with Gasteiger partial charge in [0.15, 0.2) is 5.96 Å². The number of likely N-dealkylation sites (tertiary alicyclic amines) is 1. The van der Waals surface area contributed by atoms with E-state index in [1.54, 1.807) is 7.11 Å². The van der Waals surface area contributed by atoms with Crippen LogP contribution in [0.1, 0.15) is 52.4 Å².